The van der Waals surface area contributed by atoms with E-state index in [-0.39, 0.29) is 11.5 Å². The summed E-state index contributed by atoms with van der Waals surface area (Å²) in [6.45, 7) is 7.20. The fourth-order valence-electron chi connectivity index (χ4n) is 3.44. The van der Waals surface area contributed by atoms with Crippen LogP contribution in [0.5, 0.6) is 5.75 Å². The maximum absolute atomic E-state index is 12.4. The molecule has 6 heteroatoms. The van der Waals surface area contributed by atoms with Gasteiger partial charge in [-0.1, -0.05) is 18.2 Å². The fraction of sp³-hybridized carbons (Fsp3) is 0.632. The van der Waals surface area contributed by atoms with Gasteiger partial charge in [0, 0.05) is 33.3 Å². The van der Waals surface area contributed by atoms with Gasteiger partial charge in [0.1, 0.15) is 18.0 Å². The van der Waals surface area contributed by atoms with Crippen LogP contribution in [-0.4, -0.2) is 81.0 Å². The smallest absolute Gasteiger partial charge is 0.236 e. The molecule has 0 aliphatic carbocycles. The minimum absolute atomic E-state index is 0.176. The zero-order valence-electron chi connectivity index (χ0n) is 15.2. The lowest BCUT2D eigenvalue weighted by Crippen LogP contribution is -2.47. The third kappa shape index (κ3) is 4.51. The van der Waals surface area contributed by atoms with Gasteiger partial charge < -0.3 is 19.1 Å². The second-order valence-electron chi connectivity index (χ2n) is 6.90. The third-order valence-corrected chi connectivity index (χ3v) is 5.14. The molecule has 0 N–H and O–H groups in total. The molecule has 0 radical (unpaired) electrons. The van der Waals surface area contributed by atoms with Gasteiger partial charge in [-0.2, -0.15) is 0 Å². The number of morpholine rings is 1. The molecule has 2 fully saturated rings. The molecule has 2 aliphatic heterocycles. The van der Waals surface area contributed by atoms with E-state index in [9.17, 15) is 4.79 Å². The van der Waals surface area contributed by atoms with E-state index in [2.05, 4.69) is 4.90 Å². The molecule has 0 spiro atoms. The number of amides is 1. The van der Waals surface area contributed by atoms with E-state index in [1.807, 2.05) is 36.1 Å². The van der Waals surface area contributed by atoms with Crippen molar-refractivity contribution in [3.8, 4) is 5.75 Å². The van der Waals surface area contributed by atoms with Crippen LogP contribution in [0.1, 0.15) is 12.0 Å². The minimum Gasteiger partial charge on any atom is -0.490 e. The van der Waals surface area contributed by atoms with E-state index in [0.29, 0.717) is 46.0 Å². The van der Waals surface area contributed by atoms with Gasteiger partial charge in [0.25, 0.3) is 0 Å². The Hall–Kier alpha value is -1.63. The normalized spacial score (nSPS) is 24.5. The standard InChI is InChI=1S/C19H28N2O4/c1-16-5-3-4-6-17(16)25-15-19(23-2)7-8-20(14-19)13-18(22)21-9-11-24-12-10-21/h3-6H,7-15H2,1-2H3/t19-/m0/s1. The highest BCUT2D eigenvalue weighted by molar-refractivity contribution is 5.78. The molecule has 25 heavy (non-hydrogen) atoms. The molecule has 138 valence electrons. The Morgan fingerprint density at radius 3 is 2.72 bits per heavy atom. The summed E-state index contributed by atoms with van der Waals surface area (Å²) < 4.78 is 17.1. The first kappa shape index (κ1) is 18.2. The van der Waals surface area contributed by atoms with Crippen molar-refractivity contribution in [2.75, 3.05) is 59.7 Å². The maximum atomic E-state index is 12.4. The number of methoxy groups -OCH3 is 1. The Balaban J connectivity index is 1.53. The SMILES string of the molecule is CO[C@@]1(COc2ccccc2C)CCN(CC(=O)N2CCOCC2)C1. The highest BCUT2D eigenvalue weighted by Crippen LogP contribution is 2.27. The summed E-state index contributed by atoms with van der Waals surface area (Å²) in [5.41, 5.74) is 0.763. The number of para-hydroxylation sites is 1. The van der Waals surface area contributed by atoms with Crippen LogP contribution >= 0.6 is 0 Å². The van der Waals surface area contributed by atoms with Crippen LogP contribution in [0, 0.1) is 6.92 Å². The van der Waals surface area contributed by atoms with Crippen molar-refractivity contribution >= 4 is 5.91 Å². The molecule has 1 aromatic rings. The first-order valence-corrected chi connectivity index (χ1v) is 8.93. The van der Waals surface area contributed by atoms with Gasteiger partial charge in [0.2, 0.25) is 5.91 Å². The lowest BCUT2D eigenvalue weighted by molar-refractivity contribution is -0.136. The Morgan fingerprint density at radius 1 is 1.24 bits per heavy atom. The average molecular weight is 348 g/mol. The third-order valence-electron chi connectivity index (χ3n) is 5.14. The summed E-state index contributed by atoms with van der Waals surface area (Å²) in [5, 5.41) is 0. The van der Waals surface area contributed by atoms with Crippen LogP contribution in [0.3, 0.4) is 0 Å². The molecule has 0 unspecified atom stereocenters. The maximum Gasteiger partial charge on any atom is 0.236 e. The van der Waals surface area contributed by atoms with Crippen molar-refractivity contribution in [2.45, 2.75) is 18.9 Å². The Morgan fingerprint density at radius 2 is 2.00 bits per heavy atom. The van der Waals surface area contributed by atoms with Crippen LogP contribution in [0.25, 0.3) is 0 Å². The zero-order valence-corrected chi connectivity index (χ0v) is 15.2. The van der Waals surface area contributed by atoms with Gasteiger partial charge >= 0.3 is 0 Å². The van der Waals surface area contributed by atoms with E-state index in [1.165, 1.54) is 0 Å². The van der Waals surface area contributed by atoms with Crippen LogP contribution in [0.15, 0.2) is 24.3 Å². The second-order valence-corrected chi connectivity index (χ2v) is 6.90. The summed E-state index contributed by atoms with van der Waals surface area (Å²) in [6, 6.07) is 8.00. The summed E-state index contributed by atoms with van der Waals surface area (Å²) in [6.07, 6.45) is 0.867. The fourth-order valence-corrected chi connectivity index (χ4v) is 3.44. The first-order valence-electron chi connectivity index (χ1n) is 8.93. The van der Waals surface area contributed by atoms with Crippen molar-refractivity contribution in [1.82, 2.24) is 9.80 Å². The Bertz CT molecular complexity index is 589. The lowest BCUT2D eigenvalue weighted by Gasteiger charge is -2.30. The minimum atomic E-state index is -0.354. The van der Waals surface area contributed by atoms with Gasteiger partial charge in [-0.3, -0.25) is 9.69 Å². The number of hydrogen-bond acceptors (Lipinski definition) is 5. The van der Waals surface area contributed by atoms with E-state index < -0.39 is 0 Å². The van der Waals surface area contributed by atoms with Gasteiger partial charge in [0.05, 0.1) is 19.8 Å². The molecule has 6 nitrogen and oxygen atoms in total. The van der Waals surface area contributed by atoms with Crippen molar-refractivity contribution < 1.29 is 19.0 Å². The zero-order chi connectivity index (χ0) is 17.7. The van der Waals surface area contributed by atoms with Crippen molar-refractivity contribution in [3.05, 3.63) is 29.8 Å². The summed E-state index contributed by atoms with van der Waals surface area (Å²) in [7, 11) is 1.73. The number of likely N-dealkylation sites (tertiary alicyclic amines) is 1. The Labute approximate surface area is 149 Å². The molecule has 1 aromatic carbocycles. The van der Waals surface area contributed by atoms with E-state index in [0.717, 1.165) is 24.3 Å². The summed E-state index contributed by atoms with van der Waals surface area (Å²) in [5.74, 6) is 1.07. The van der Waals surface area contributed by atoms with Crippen molar-refractivity contribution in [2.24, 2.45) is 0 Å². The molecular weight excluding hydrogens is 320 g/mol. The van der Waals surface area contributed by atoms with Gasteiger partial charge in [-0.15, -0.1) is 0 Å². The molecule has 1 atom stereocenters. The number of rotatable bonds is 6. The highest BCUT2D eigenvalue weighted by Gasteiger charge is 2.40. The molecule has 0 aromatic heterocycles. The monoisotopic (exact) mass is 348 g/mol. The molecule has 2 saturated heterocycles. The Kier molecular flexibility index (Phi) is 5.93. The number of nitrogens with zero attached hydrogens (tertiary/aromatic N) is 2. The van der Waals surface area contributed by atoms with Crippen LogP contribution in [0.2, 0.25) is 0 Å². The number of aryl methyl sites for hydroxylation is 1. The molecule has 2 aliphatic rings. The van der Waals surface area contributed by atoms with E-state index in [1.54, 1.807) is 7.11 Å². The summed E-state index contributed by atoms with van der Waals surface area (Å²) >= 11 is 0. The number of ether oxygens (including phenoxy) is 3. The molecule has 2 heterocycles. The lowest BCUT2D eigenvalue weighted by atomic mass is 10.0. The molecule has 3 rings (SSSR count). The predicted octanol–water partition coefficient (Wildman–Crippen LogP) is 1.32. The quantitative estimate of drug-likeness (QED) is 0.776. The van der Waals surface area contributed by atoms with Crippen molar-refractivity contribution in [1.29, 1.82) is 0 Å². The largest absolute Gasteiger partial charge is 0.490 e. The van der Waals surface area contributed by atoms with E-state index >= 15 is 0 Å². The highest BCUT2D eigenvalue weighted by atomic mass is 16.5. The van der Waals surface area contributed by atoms with Gasteiger partial charge in [-0.05, 0) is 25.0 Å². The van der Waals surface area contributed by atoms with Crippen LogP contribution < -0.4 is 4.74 Å². The molecule has 0 saturated carbocycles. The summed E-state index contributed by atoms with van der Waals surface area (Å²) in [4.78, 5) is 16.5. The van der Waals surface area contributed by atoms with Crippen LogP contribution in [0.4, 0.5) is 0 Å². The second kappa shape index (κ2) is 8.17. The predicted molar refractivity (Wildman–Crippen MR) is 94.9 cm³/mol. The topological polar surface area (TPSA) is 51.2 Å². The van der Waals surface area contributed by atoms with E-state index in [4.69, 9.17) is 14.2 Å². The van der Waals surface area contributed by atoms with Crippen LogP contribution in [-0.2, 0) is 14.3 Å². The molecular formula is C19H28N2O4. The average Bonchev–Trinajstić information content (AvgIpc) is 3.05. The molecule has 0 bridgehead atoms. The van der Waals surface area contributed by atoms with Gasteiger partial charge in [0.15, 0.2) is 0 Å². The number of benzene rings is 1. The molecule has 1 amide bonds. The number of carbonyl (C=O) groups excluding carboxylic acids is 1. The number of carbonyl (C=O) groups is 1. The van der Waals surface area contributed by atoms with Crippen molar-refractivity contribution in [3.63, 3.8) is 0 Å². The first-order chi connectivity index (χ1) is 12.1. The van der Waals surface area contributed by atoms with Gasteiger partial charge in [-0.25, -0.2) is 0 Å². The number of hydrogen-bond donors (Lipinski definition) is 0.